The minimum absolute atomic E-state index is 0. The highest BCUT2D eigenvalue weighted by Gasteiger charge is 2.12. The molecule has 0 aliphatic carbocycles. The highest BCUT2D eigenvalue weighted by atomic mass is 127. The van der Waals surface area contributed by atoms with Crippen LogP contribution in [0, 0.1) is 0 Å². The molecule has 0 radical (unpaired) electrons. The highest BCUT2D eigenvalue weighted by Crippen LogP contribution is 2.24. The van der Waals surface area contributed by atoms with Crippen molar-refractivity contribution >= 4 is 41.5 Å². The van der Waals surface area contributed by atoms with Gasteiger partial charge in [-0.2, -0.15) is 0 Å². The molecule has 2 N–H and O–H groups in total. The maximum Gasteiger partial charge on any atom is 0.191 e. The number of likely N-dealkylation sites (tertiary alicyclic amines) is 1. The summed E-state index contributed by atoms with van der Waals surface area (Å²) in [5.41, 5.74) is 7.07. The Morgan fingerprint density at radius 2 is 2.05 bits per heavy atom. The molecule has 21 heavy (non-hydrogen) atoms. The number of piperidine rings is 1. The quantitative estimate of drug-likeness (QED) is 0.457. The van der Waals surface area contributed by atoms with E-state index in [0.29, 0.717) is 24.1 Å². The van der Waals surface area contributed by atoms with Crippen molar-refractivity contribution in [1.29, 1.82) is 0 Å². The molecule has 0 unspecified atom stereocenters. The average Bonchev–Trinajstić information content (AvgIpc) is 2.47. The summed E-state index contributed by atoms with van der Waals surface area (Å²) in [5, 5.41) is 0.671. The Morgan fingerprint density at radius 1 is 1.33 bits per heavy atom. The van der Waals surface area contributed by atoms with E-state index >= 15 is 0 Å². The van der Waals surface area contributed by atoms with Gasteiger partial charge < -0.3 is 15.4 Å². The molecule has 1 heterocycles. The van der Waals surface area contributed by atoms with Crippen LogP contribution in [0.2, 0.25) is 5.02 Å². The summed E-state index contributed by atoms with van der Waals surface area (Å²) < 4.78 is 5.59. The van der Waals surface area contributed by atoms with E-state index in [1.807, 2.05) is 25.1 Å². The maximum absolute atomic E-state index is 6.06. The van der Waals surface area contributed by atoms with Gasteiger partial charge in [0.2, 0.25) is 0 Å². The summed E-state index contributed by atoms with van der Waals surface area (Å²) in [6.07, 6.45) is 3.68. The minimum Gasteiger partial charge on any atom is -0.493 e. The largest absolute Gasteiger partial charge is 0.493 e. The van der Waals surface area contributed by atoms with Gasteiger partial charge in [0.1, 0.15) is 5.75 Å². The zero-order chi connectivity index (χ0) is 14.4. The van der Waals surface area contributed by atoms with Crippen LogP contribution in [0.1, 0.15) is 31.7 Å². The van der Waals surface area contributed by atoms with Gasteiger partial charge in [0.05, 0.1) is 13.2 Å². The fourth-order valence-electron chi connectivity index (χ4n) is 2.34. The molecule has 1 aromatic rings. The molecule has 1 aliphatic rings. The summed E-state index contributed by atoms with van der Waals surface area (Å²) in [5.74, 6) is 1.41. The van der Waals surface area contributed by atoms with Gasteiger partial charge in [-0.25, -0.2) is 4.99 Å². The van der Waals surface area contributed by atoms with Crippen LogP contribution in [0.15, 0.2) is 23.2 Å². The Kier molecular flexibility index (Phi) is 8.18. The number of hydrogen-bond acceptors (Lipinski definition) is 2. The topological polar surface area (TPSA) is 50.9 Å². The van der Waals surface area contributed by atoms with Crippen LogP contribution in [-0.4, -0.2) is 30.6 Å². The smallest absolute Gasteiger partial charge is 0.191 e. The van der Waals surface area contributed by atoms with E-state index in [9.17, 15) is 0 Å². The van der Waals surface area contributed by atoms with Crippen molar-refractivity contribution in [3.05, 3.63) is 28.8 Å². The fourth-order valence-corrected chi connectivity index (χ4v) is 2.50. The van der Waals surface area contributed by atoms with Crippen LogP contribution >= 0.6 is 35.6 Å². The summed E-state index contributed by atoms with van der Waals surface area (Å²) in [7, 11) is 0. The summed E-state index contributed by atoms with van der Waals surface area (Å²) in [6, 6.07) is 5.62. The van der Waals surface area contributed by atoms with Gasteiger partial charge in [-0.3, -0.25) is 0 Å². The Bertz CT molecular complexity index is 476. The zero-order valence-electron chi connectivity index (χ0n) is 12.3. The van der Waals surface area contributed by atoms with Crippen molar-refractivity contribution in [2.24, 2.45) is 10.7 Å². The van der Waals surface area contributed by atoms with Crippen molar-refractivity contribution in [3.63, 3.8) is 0 Å². The lowest BCUT2D eigenvalue weighted by molar-refractivity contribution is 0.334. The molecule has 0 atom stereocenters. The van der Waals surface area contributed by atoms with Crippen molar-refractivity contribution in [3.8, 4) is 5.75 Å². The normalized spacial score (nSPS) is 15.5. The first-order chi connectivity index (χ1) is 9.70. The van der Waals surface area contributed by atoms with E-state index in [0.717, 1.165) is 24.4 Å². The SMILES string of the molecule is CCOc1cc(Cl)ccc1CN=C(N)N1CCCCC1.I. The molecule has 4 nitrogen and oxygen atoms in total. The molecule has 0 aromatic heterocycles. The first kappa shape index (κ1) is 18.4. The molecule has 0 amide bonds. The fraction of sp³-hybridized carbons (Fsp3) is 0.533. The van der Waals surface area contributed by atoms with E-state index < -0.39 is 0 Å². The molecule has 0 saturated carbocycles. The van der Waals surface area contributed by atoms with Crippen molar-refractivity contribution in [2.45, 2.75) is 32.7 Å². The Morgan fingerprint density at radius 3 is 2.71 bits per heavy atom. The summed E-state index contributed by atoms with van der Waals surface area (Å²) in [6.45, 7) is 5.10. The number of guanidine groups is 1. The lowest BCUT2D eigenvalue weighted by atomic mass is 10.1. The molecule has 0 bridgehead atoms. The second kappa shape index (κ2) is 9.35. The van der Waals surface area contributed by atoms with E-state index in [1.54, 1.807) is 0 Å². The molecule has 118 valence electrons. The molecule has 2 rings (SSSR count). The van der Waals surface area contributed by atoms with E-state index in [4.69, 9.17) is 22.1 Å². The average molecular weight is 424 g/mol. The second-order valence-electron chi connectivity index (χ2n) is 4.91. The molecule has 1 aliphatic heterocycles. The van der Waals surface area contributed by atoms with Crippen LogP contribution in [-0.2, 0) is 6.54 Å². The third kappa shape index (κ3) is 5.54. The first-order valence-electron chi connectivity index (χ1n) is 7.17. The number of aliphatic imine (C=N–C) groups is 1. The van der Waals surface area contributed by atoms with Gasteiger partial charge in [0.25, 0.3) is 0 Å². The van der Waals surface area contributed by atoms with Crippen LogP contribution in [0.3, 0.4) is 0 Å². The monoisotopic (exact) mass is 423 g/mol. The van der Waals surface area contributed by atoms with Crippen LogP contribution < -0.4 is 10.5 Å². The third-order valence-corrected chi connectivity index (χ3v) is 3.66. The summed E-state index contributed by atoms with van der Waals surface area (Å²) >= 11 is 5.99. The van der Waals surface area contributed by atoms with Crippen molar-refractivity contribution in [1.82, 2.24) is 4.90 Å². The highest BCUT2D eigenvalue weighted by molar-refractivity contribution is 14.0. The van der Waals surface area contributed by atoms with Gasteiger partial charge >= 0.3 is 0 Å². The van der Waals surface area contributed by atoms with Crippen molar-refractivity contribution in [2.75, 3.05) is 19.7 Å². The maximum atomic E-state index is 6.06. The van der Waals surface area contributed by atoms with Crippen LogP contribution in [0.5, 0.6) is 5.75 Å². The number of benzene rings is 1. The number of hydrogen-bond donors (Lipinski definition) is 1. The number of nitrogens with two attached hydrogens (primary N) is 1. The van der Waals surface area contributed by atoms with E-state index in [-0.39, 0.29) is 24.0 Å². The lowest BCUT2D eigenvalue weighted by Gasteiger charge is -2.27. The number of ether oxygens (including phenoxy) is 1. The molecular formula is C15H23ClIN3O. The van der Waals surface area contributed by atoms with Gasteiger partial charge in [-0.05, 0) is 38.3 Å². The minimum atomic E-state index is 0. The van der Waals surface area contributed by atoms with Gasteiger partial charge in [0, 0.05) is 23.7 Å². The van der Waals surface area contributed by atoms with Crippen molar-refractivity contribution < 1.29 is 4.74 Å². The molecule has 1 saturated heterocycles. The number of nitrogens with zero attached hydrogens (tertiary/aromatic N) is 2. The Hall–Kier alpha value is -0.690. The Labute approximate surface area is 148 Å². The van der Waals surface area contributed by atoms with Crippen LogP contribution in [0.25, 0.3) is 0 Å². The van der Waals surface area contributed by atoms with Crippen LogP contribution in [0.4, 0.5) is 0 Å². The predicted molar refractivity (Wildman–Crippen MR) is 98.8 cm³/mol. The first-order valence-corrected chi connectivity index (χ1v) is 7.54. The zero-order valence-corrected chi connectivity index (χ0v) is 15.4. The van der Waals surface area contributed by atoms with Gasteiger partial charge in [-0.15, -0.1) is 24.0 Å². The van der Waals surface area contributed by atoms with E-state index in [1.165, 1.54) is 19.3 Å². The number of rotatable bonds is 4. The second-order valence-corrected chi connectivity index (χ2v) is 5.34. The third-order valence-electron chi connectivity index (χ3n) is 3.42. The van der Waals surface area contributed by atoms with E-state index in [2.05, 4.69) is 9.89 Å². The molecule has 1 aromatic carbocycles. The molecule has 1 fully saturated rings. The summed E-state index contributed by atoms with van der Waals surface area (Å²) in [4.78, 5) is 6.64. The van der Waals surface area contributed by atoms with Gasteiger partial charge in [-0.1, -0.05) is 17.7 Å². The molecule has 0 spiro atoms. The molecular weight excluding hydrogens is 401 g/mol. The standard InChI is InChI=1S/C15H22ClN3O.HI/c1-2-20-14-10-13(16)7-6-12(14)11-18-15(17)19-8-4-3-5-9-19;/h6-7,10H,2-5,8-9,11H2,1H3,(H2,17,18);1H. The number of halogens is 2. The predicted octanol–water partition coefficient (Wildman–Crippen LogP) is 3.66. The Balaban J connectivity index is 0.00000220. The lowest BCUT2D eigenvalue weighted by Crippen LogP contribution is -2.40. The van der Waals surface area contributed by atoms with Gasteiger partial charge in [0.15, 0.2) is 5.96 Å². The molecule has 6 heteroatoms.